The molecule has 0 aliphatic rings. The van der Waals surface area contributed by atoms with Crippen molar-refractivity contribution in [3.63, 3.8) is 0 Å². The lowest BCUT2D eigenvalue weighted by Gasteiger charge is -2.25. The summed E-state index contributed by atoms with van der Waals surface area (Å²) < 4.78 is 21.7. The molecule has 0 rings (SSSR count). The molecule has 0 radical (unpaired) electrons. The smallest absolute Gasteiger partial charge is 0.354 e. The summed E-state index contributed by atoms with van der Waals surface area (Å²) in [6.45, 7) is 2.00. The van der Waals surface area contributed by atoms with Crippen LogP contribution in [0.2, 0.25) is 0 Å². The molecule has 0 unspecified atom stereocenters. The van der Waals surface area contributed by atoms with Gasteiger partial charge in [-0.15, -0.1) is 0 Å². The Morgan fingerprint density at radius 2 is 1.53 bits per heavy atom. The lowest BCUT2D eigenvalue weighted by molar-refractivity contribution is -0.146. The molecule has 0 spiro atoms. The van der Waals surface area contributed by atoms with Gasteiger partial charge < -0.3 is 24.7 Å². The zero-order valence-electron chi connectivity index (χ0n) is 9.14. The number of carbonyl (C=O) groups is 1. The van der Waals surface area contributed by atoms with E-state index in [9.17, 15) is 13.9 Å². The fourth-order valence-corrected chi connectivity index (χ4v) is 3.08. The van der Waals surface area contributed by atoms with E-state index < -0.39 is 38.6 Å². The van der Waals surface area contributed by atoms with Gasteiger partial charge in [0.1, 0.15) is 0 Å². The van der Waals surface area contributed by atoms with Gasteiger partial charge in [0.05, 0.1) is 5.41 Å². The second-order valence-electron chi connectivity index (χ2n) is 4.12. The number of aliphatic carboxylic acids is 1. The maximum atomic E-state index is 10.9. The van der Waals surface area contributed by atoms with Crippen LogP contribution in [0.4, 0.5) is 0 Å². The molecule has 0 saturated carbocycles. The molecule has 0 aromatic heterocycles. The molecule has 102 valence electrons. The molecular weight excluding hydrogens is 276 g/mol. The summed E-state index contributed by atoms with van der Waals surface area (Å²) in [5, 5.41) is 10.6. The Balaban J connectivity index is 4.90. The average molecular weight is 291 g/mol. The Kier molecular flexibility index (Phi) is 5.07. The third-order valence-electron chi connectivity index (χ3n) is 1.94. The van der Waals surface area contributed by atoms with E-state index in [0.29, 0.717) is 0 Å². The number of carboxylic acid groups (broad SMARTS) is 1. The number of carboxylic acids is 1. The van der Waals surface area contributed by atoms with Crippen molar-refractivity contribution in [1.82, 2.24) is 5.32 Å². The molecule has 11 heteroatoms. The van der Waals surface area contributed by atoms with E-state index in [0.717, 1.165) is 0 Å². The van der Waals surface area contributed by atoms with E-state index in [1.165, 1.54) is 13.8 Å². The van der Waals surface area contributed by atoms with Crippen molar-refractivity contribution >= 4 is 21.2 Å². The van der Waals surface area contributed by atoms with Crippen LogP contribution in [0, 0.1) is 5.41 Å². The normalized spacial score (nSPS) is 14.1. The minimum Gasteiger partial charge on any atom is -0.481 e. The van der Waals surface area contributed by atoms with E-state index in [-0.39, 0.29) is 0 Å². The molecule has 0 heterocycles. The summed E-state index contributed by atoms with van der Waals surface area (Å²) in [6.07, 6.45) is 0. The molecule has 0 aliphatic carbocycles. The molecule has 0 saturated heterocycles. The zero-order valence-corrected chi connectivity index (χ0v) is 10.9. The van der Waals surface area contributed by atoms with Gasteiger partial charge in [-0.25, -0.2) is 0 Å². The fourth-order valence-electron chi connectivity index (χ4n) is 0.856. The maximum Gasteiger partial charge on any atom is 0.354 e. The number of hydrogen-bond donors (Lipinski definition) is 6. The summed E-state index contributed by atoms with van der Waals surface area (Å²) in [5.41, 5.74) is -3.81. The Bertz CT molecular complexity index is 359. The van der Waals surface area contributed by atoms with Gasteiger partial charge in [-0.2, -0.15) is 0 Å². The Hall–Kier alpha value is -0.270. The number of rotatable bonds is 6. The monoisotopic (exact) mass is 291 g/mol. The van der Waals surface area contributed by atoms with Crippen LogP contribution >= 0.6 is 15.2 Å². The van der Waals surface area contributed by atoms with Gasteiger partial charge in [0.25, 0.3) is 0 Å². The van der Waals surface area contributed by atoms with Gasteiger partial charge in [-0.05, 0) is 13.8 Å². The second kappa shape index (κ2) is 5.16. The summed E-state index contributed by atoms with van der Waals surface area (Å²) in [4.78, 5) is 45.7. The predicted molar refractivity (Wildman–Crippen MR) is 57.3 cm³/mol. The summed E-state index contributed by atoms with van der Waals surface area (Å²) in [6, 6.07) is 0. The van der Waals surface area contributed by atoms with E-state index in [1.807, 2.05) is 5.32 Å². The minimum atomic E-state index is -5.08. The van der Waals surface area contributed by atoms with E-state index in [4.69, 9.17) is 24.7 Å². The van der Waals surface area contributed by atoms with Gasteiger partial charge in [0.2, 0.25) is 5.52 Å². The van der Waals surface area contributed by atoms with E-state index >= 15 is 0 Å². The van der Waals surface area contributed by atoms with Crippen LogP contribution in [-0.2, 0) is 13.9 Å². The van der Waals surface area contributed by atoms with Crippen molar-refractivity contribution in [3.05, 3.63) is 0 Å². The Labute approximate surface area is 97.2 Å². The SMILES string of the molecule is CC(C)(CNC(P(=O)(O)O)P(=O)(O)O)C(=O)O. The number of hydrogen-bond acceptors (Lipinski definition) is 4. The second-order valence-corrected chi connectivity index (χ2v) is 7.92. The quantitative estimate of drug-likeness (QED) is 0.348. The van der Waals surface area contributed by atoms with Crippen LogP contribution in [-0.4, -0.2) is 42.7 Å². The topological polar surface area (TPSA) is 164 Å². The molecule has 0 fully saturated rings. The van der Waals surface area contributed by atoms with Crippen molar-refractivity contribution in [3.8, 4) is 0 Å². The first kappa shape index (κ1) is 16.7. The molecule has 0 aromatic carbocycles. The van der Waals surface area contributed by atoms with E-state index in [1.54, 1.807) is 0 Å². The standard InChI is InChI=1S/C6H15NO8P2/c1-6(2,4(8)9)3-7-5(16(10,11)12)17(13,14)15/h5,7H,3H2,1-2H3,(H,8,9)(H2,10,11,12)(H2,13,14,15). The van der Waals surface area contributed by atoms with Crippen molar-refractivity contribution in [2.24, 2.45) is 5.41 Å². The van der Waals surface area contributed by atoms with Crippen LogP contribution in [0.3, 0.4) is 0 Å². The van der Waals surface area contributed by atoms with Gasteiger partial charge >= 0.3 is 21.2 Å². The number of nitrogens with one attached hydrogen (secondary N) is 1. The highest BCUT2D eigenvalue weighted by molar-refractivity contribution is 7.70. The molecule has 0 amide bonds. The van der Waals surface area contributed by atoms with Gasteiger partial charge in [-0.3, -0.25) is 19.2 Å². The molecule has 0 aliphatic heterocycles. The molecular formula is C6H15NO8P2. The molecule has 0 bridgehead atoms. The van der Waals surface area contributed by atoms with Crippen molar-refractivity contribution in [2.45, 2.75) is 19.4 Å². The van der Waals surface area contributed by atoms with Crippen molar-refractivity contribution in [2.75, 3.05) is 6.54 Å². The summed E-state index contributed by atoms with van der Waals surface area (Å²) in [5.74, 6) is -1.26. The largest absolute Gasteiger partial charge is 0.481 e. The van der Waals surface area contributed by atoms with Crippen LogP contribution in [0.5, 0.6) is 0 Å². The van der Waals surface area contributed by atoms with Gasteiger partial charge in [0, 0.05) is 6.54 Å². The predicted octanol–water partition coefficient (Wildman–Crippen LogP) is -0.674. The highest BCUT2D eigenvalue weighted by Gasteiger charge is 2.44. The third-order valence-corrected chi connectivity index (χ3v) is 5.39. The maximum absolute atomic E-state index is 10.9. The van der Waals surface area contributed by atoms with Crippen LogP contribution < -0.4 is 5.32 Å². The lowest BCUT2D eigenvalue weighted by Crippen LogP contribution is -2.40. The summed E-state index contributed by atoms with van der Waals surface area (Å²) >= 11 is 0. The first-order chi connectivity index (χ1) is 7.28. The minimum absolute atomic E-state index is 0.497. The first-order valence-corrected chi connectivity index (χ1v) is 7.72. The van der Waals surface area contributed by atoms with Crippen LogP contribution in [0.25, 0.3) is 0 Å². The van der Waals surface area contributed by atoms with Gasteiger partial charge in [-0.1, -0.05) is 0 Å². The highest BCUT2D eigenvalue weighted by Crippen LogP contribution is 2.58. The Morgan fingerprint density at radius 3 is 1.76 bits per heavy atom. The zero-order chi connectivity index (χ0) is 14.1. The van der Waals surface area contributed by atoms with Crippen molar-refractivity contribution < 1.29 is 38.6 Å². The fraction of sp³-hybridized carbons (Fsp3) is 0.833. The van der Waals surface area contributed by atoms with Crippen LogP contribution in [0.1, 0.15) is 13.8 Å². The van der Waals surface area contributed by atoms with E-state index in [2.05, 4.69) is 0 Å². The molecule has 9 nitrogen and oxygen atoms in total. The lowest BCUT2D eigenvalue weighted by atomic mass is 9.94. The average Bonchev–Trinajstić information content (AvgIpc) is 1.97. The molecule has 6 N–H and O–H groups in total. The Morgan fingerprint density at radius 1 is 1.18 bits per heavy atom. The van der Waals surface area contributed by atoms with Crippen LogP contribution in [0.15, 0.2) is 0 Å². The molecule has 17 heavy (non-hydrogen) atoms. The van der Waals surface area contributed by atoms with Gasteiger partial charge in [0.15, 0.2) is 0 Å². The third kappa shape index (κ3) is 5.27. The van der Waals surface area contributed by atoms with Crippen molar-refractivity contribution in [1.29, 1.82) is 0 Å². The highest BCUT2D eigenvalue weighted by atomic mass is 31.2. The molecule has 0 aromatic rings. The molecule has 0 atom stereocenters. The summed E-state index contributed by atoms with van der Waals surface area (Å²) in [7, 11) is -10.2. The first-order valence-electron chi connectivity index (χ1n) is 4.36.